The van der Waals surface area contributed by atoms with Crippen molar-refractivity contribution in [3.05, 3.63) is 81.8 Å². The highest BCUT2D eigenvalue weighted by molar-refractivity contribution is 5.73. The maximum atomic E-state index is 4.18. The maximum absolute atomic E-state index is 4.18. The van der Waals surface area contributed by atoms with Gasteiger partial charge in [-0.2, -0.15) is 0 Å². The molecule has 0 heteroatoms. The molecular formula is C21H24. The highest BCUT2D eigenvalue weighted by atomic mass is 14.1. The smallest absolute Gasteiger partial charge is 0.0115 e. The van der Waals surface area contributed by atoms with Gasteiger partial charge in [0, 0.05) is 0 Å². The van der Waals surface area contributed by atoms with Crippen LogP contribution in [-0.2, 0) is 0 Å². The molecule has 0 spiro atoms. The predicted octanol–water partition coefficient (Wildman–Crippen LogP) is 4.35. The SMILES string of the molecule is C=C(C)C(/C=C(\C)C1=CCCC=C1)=c1\ccc(C)cc1=C. The molecule has 1 aliphatic rings. The third-order valence-electron chi connectivity index (χ3n) is 3.82. The van der Waals surface area contributed by atoms with E-state index in [1.54, 1.807) is 0 Å². The second-order valence-electron chi connectivity index (χ2n) is 5.82. The summed E-state index contributed by atoms with van der Waals surface area (Å²) >= 11 is 0. The second-order valence-corrected chi connectivity index (χ2v) is 5.82. The second kappa shape index (κ2) is 6.58. The van der Waals surface area contributed by atoms with Gasteiger partial charge in [0.1, 0.15) is 0 Å². The Hall–Kier alpha value is -2.08. The predicted molar refractivity (Wildman–Crippen MR) is 94.4 cm³/mol. The molecule has 108 valence electrons. The van der Waals surface area contributed by atoms with E-state index in [1.165, 1.54) is 27.5 Å². The van der Waals surface area contributed by atoms with E-state index in [1.807, 2.05) is 0 Å². The minimum atomic E-state index is 1.06. The van der Waals surface area contributed by atoms with E-state index < -0.39 is 0 Å². The van der Waals surface area contributed by atoms with Gasteiger partial charge in [0.15, 0.2) is 0 Å². The summed E-state index contributed by atoms with van der Waals surface area (Å²) in [4.78, 5) is 0. The molecule has 1 aliphatic carbocycles. The van der Waals surface area contributed by atoms with E-state index in [0.29, 0.717) is 0 Å². The van der Waals surface area contributed by atoms with Gasteiger partial charge in [0.05, 0.1) is 0 Å². The topological polar surface area (TPSA) is 0 Å². The molecule has 21 heavy (non-hydrogen) atoms. The van der Waals surface area contributed by atoms with Crippen molar-refractivity contribution >= 4 is 12.2 Å². The molecule has 0 aromatic heterocycles. The Morgan fingerprint density at radius 2 is 1.95 bits per heavy atom. The zero-order valence-electron chi connectivity index (χ0n) is 13.4. The summed E-state index contributed by atoms with van der Waals surface area (Å²) in [5.74, 6) is 0. The van der Waals surface area contributed by atoms with Gasteiger partial charge in [0.25, 0.3) is 0 Å². The Kier molecular flexibility index (Phi) is 4.80. The van der Waals surface area contributed by atoms with Crippen LogP contribution in [0.25, 0.3) is 12.2 Å². The summed E-state index contributed by atoms with van der Waals surface area (Å²) in [6.45, 7) is 14.7. The molecule has 0 atom stereocenters. The molecule has 0 fully saturated rings. The first kappa shape index (κ1) is 15.3. The Labute approximate surface area is 128 Å². The van der Waals surface area contributed by atoms with E-state index in [4.69, 9.17) is 0 Å². The average molecular weight is 276 g/mol. The normalized spacial score (nSPS) is 16.5. The average Bonchev–Trinajstić information content (AvgIpc) is 2.46. The van der Waals surface area contributed by atoms with Gasteiger partial charge in [-0.25, -0.2) is 0 Å². The maximum Gasteiger partial charge on any atom is -0.0115 e. The molecule has 2 rings (SSSR count). The first-order valence-corrected chi connectivity index (χ1v) is 7.50. The Morgan fingerprint density at radius 3 is 2.52 bits per heavy atom. The third kappa shape index (κ3) is 3.72. The highest BCUT2D eigenvalue weighted by Crippen LogP contribution is 2.21. The highest BCUT2D eigenvalue weighted by Gasteiger charge is 2.03. The molecular weight excluding hydrogens is 252 g/mol. The molecule has 0 bridgehead atoms. The van der Waals surface area contributed by atoms with E-state index in [9.17, 15) is 0 Å². The lowest BCUT2D eigenvalue weighted by molar-refractivity contribution is 1.02. The van der Waals surface area contributed by atoms with Crippen molar-refractivity contribution < 1.29 is 0 Å². The van der Waals surface area contributed by atoms with Crippen LogP contribution < -0.4 is 10.4 Å². The monoisotopic (exact) mass is 276 g/mol. The van der Waals surface area contributed by atoms with E-state index >= 15 is 0 Å². The molecule has 0 saturated carbocycles. The quantitative estimate of drug-likeness (QED) is 0.769. The lowest BCUT2D eigenvalue weighted by Gasteiger charge is -2.10. The van der Waals surface area contributed by atoms with Gasteiger partial charge < -0.3 is 0 Å². The fourth-order valence-corrected chi connectivity index (χ4v) is 2.62. The summed E-state index contributed by atoms with van der Waals surface area (Å²) in [5, 5.41) is 2.23. The van der Waals surface area contributed by atoms with Gasteiger partial charge in [-0.15, -0.1) is 0 Å². The number of hydrogen-bond acceptors (Lipinski definition) is 0. The van der Waals surface area contributed by atoms with Crippen LogP contribution in [0.4, 0.5) is 0 Å². The van der Waals surface area contributed by atoms with Crippen LogP contribution in [0.5, 0.6) is 0 Å². The standard InChI is InChI=1S/C21H24/c1-15(2)21(20-12-11-16(3)13-18(20)5)14-17(4)19-9-7-6-8-10-19/h7,9-14H,1,5-6,8H2,2-4H3/b17-14+,21-20+. The minimum absolute atomic E-state index is 1.06. The van der Waals surface area contributed by atoms with Crippen molar-refractivity contribution in [3.63, 3.8) is 0 Å². The number of aryl methyl sites for hydroxylation is 1. The van der Waals surface area contributed by atoms with Crippen LogP contribution in [0.15, 0.2) is 65.8 Å². The van der Waals surface area contributed by atoms with Crippen molar-refractivity contribution in [1.29, 1.82) is 0 Å². The molecule has 1 aromatic rings. The summed E-state index contributed by atoms with van der Waals surface area (Å²) in [6.07, 6.45) is 11.3. The van der Waals surface area contributed by atoms with Gasteiger partial charge >= 0.3 is 0 Å². The zero-order valence-corrected chi connectivity index (χ0v) is 13.4. The summed E-state index contributed by atoms with van der Waals surface area (Å²) < 4.78 is 0. The Bertz CT molecular complexity index is 752. The van der Waals surface area contributed by atoms with Gasteiger partial charge in [-0.3, -0.25) is 0 Å². The molecule has 0 radical (unpaired) electrons. The number of rotatable bonds is 3. The third-order valence-corrected chi connectivity index (χ3v) is 3.82. The molecule has 0 saturated heterocycles. The van der Waals surface area contributed by atoms with Crippen LogP contribution in [0.2, 0.25) is 0 Å². The Morgan fingerprint density at radius 1 is 1.19 bits per heavy atom. The van der Waals surface area contributed by atoms with Crippen LogP contribution in [0.3, 0.4) is 0 Å². The molecule has 0 nitrogen and oxygen atoms in total. The summed E-state index contributed by atoms with van der Waals surface area (Å²) in [5.41, 5.74) is 6.09. The van der Waals surface area contributed by atoms with Crippen molar-refractivity contribution in [1.82, 2.24) is 0 Å². The van der Waals surface area contributed by atoms with Crippen LogP contribution in [0, 0.1) is 6.92 Å². The number of benzene rings is 1. The van der Waals surface area contributed by atoms with Gasteiger partial charge in [-0.1, -0.05) is 66.8 Å². The fraction of sp³-hybridized carbons (Fsp3) is 0.238. The van der Waals surface area contributed by atoms with E-state index in [-0.39, 0.29) is 0 Å². The van der Waals surface area contributed by atoms with E-state index in [0.717, 1.165) is 23.6 Å². The molecule has 1 aromatic carbocycles. The van der Waals surface area contributed by atoms with Crippen LogP contribution >= 0.6 is 0 Å². The lowest BCUT2D eigenvalue weighted by atomic mass is 9.95. The molecule has 0 amide bonds. The molecule has 0 N–H and O–H groups in total. The number of allylic oxidation sites excluding steroid dienone is 7. The van der Waals surface area contributed by atoms with Crippen molar-refractivity contribution in [2.24, 2.45) is 0 Å². The fourth-order valence-electron chi connectivity index (χ4n) is 2.62. The summed E-state index contributed by atoms with van der Waals surface area (Å²) in [7, 11) is 0. The molecule has 0 aliphatic heterocycles. The first-order valence-electron chi connectivity index (χ1n) is 7.50. The van der Waals surface area contributed by atoms with Crippen molar-refractivity contribution in [2.75, 3.05) is 0 Å². The van der Waals surface area contributed by atoms with Crippen LogP contribution in [0.1, 0.15) is 32.3 Å². The van der Waals surface area contributed by atoms with Crippen molar-refractivity contribution in [3.8, 4) is 0 Å². The molecule has 0 unspecified atom stereocenters. The van der Waals surface area contributed by atoms with Gasteiger partial charge in [-0.05, 0) is 60.8 Å². The number of hydrogen-bond donors (Lipinski definition) is 0. The molecule has 0 heterocycles. The minimum Gasteiger partial charge on any atom is -0.0955 e. The summed E-state index contributed by atoms with van der Waals surface area (Å²) in [6, 6.07) is 6.41. The lowest BCUT2D eigenvalue weighted by Crippen LogP contribution is -2.25. The Balaban J connectivity index is 2.60. The largest absolute Gasteiger partial charge is 0.0955 e. The van der Waals surface area contributed by atoms with Crippen molar-refractivity contribution in [2.45, 2.75) is 33.6 Å². The van der Waals surface area contributed by atoms with Crippen LogP contribution in [-0.4, -0.2) is 0 Å². The van der Waals surface area contributed by atoms with Gasteiger partial charge in [0.2, 0.25) is 0 Å². The zero-order chi connectivity index (χ0) is 15.4. The first-order chi connectivity index (χ1) is 9.99. The van der Waals surface area contributed by atoms with E-state index in [2.05, 4.69) is 76.4 Å².